The molecule has 0 aliphatic heterocycles. The van der Waals surface area contributed by atoms with Gasteiger partial charge >= 0.3 is 0 Å². The lowest BCUT2D eigenvalue weighted by molar-refractivity contribution is 0.0950. The van der Waals surface area contributed by atoms with Crippen molar-refractivity contribution in [3.8, 4) is 0 Å². The summed E-state index contributed by atoms with van der Waals surface area (Å²) < 4.78 is 4.59. The van der Waals surface area contributed by atoms with Gasteiger partial charge in [-0.25, -0.2) is 0 Å². The molecule has 0 saturated heterocycles. The first-order chi connectivity index (χ1) is 8.70. The van der Waals surface area contributed by atoms with Crippen molar-refractivity contribution in [2.24, 2.45) is 0 Å². The van der Waals surface area contributed by atoms with Crippen molar-refractivity contribution in [1.82, 2.24) is 15.5 Å². The van der Waals surface area contributed by atoms with E-state index in [2.05, 4.69) is 25.3 Å². The molecule has 94 valence electrons. The van der Waals surface area contributed by atoms with Gasteiger partial charge in [0.15, 0.2) is 5.82 Å². The van der Waals surface area contributed by atoms with Crippen molar-refractivity contribution >= 4 is 11.6 Å². The number of hydrogen-bond donors (Lipinski definition) is 2. The Hall–Kier alpha value is -2.37. The van der Waals surface area contributed by atoms with Crippen molar-refractivity contribution in [2.75, 3.05) is 12.4 Å². The van der Waals surface area contributed by atoms with Crippen LogP contribution in [-0.4, -0.2) is 23.1 Å². The number of aryl methyl sites for hydroxylation is 1. The Kier molecular flexibility index (Phi) is 3.57. The monoisotopic (exact) mass is 246 g/mol. The molecule has 0 unspecified atom stereocenters. The summed E-state index contributed by atoms with van der Waals surface area (Å²) in [5.41, 5.74) is 2.41. The van der Waals surface area contributed by atoms with Crippen LogP contribution in [0.3, 0.4) is 0 Å². The van der Waals surface area contributed by atoms with Gasteiger partial charge in [0.05, 0.1) is 12.1 Å². The first kappa shape index (κ1) is 12.1. The van der Waals surface area contributed by atoms with Crippen LogP contribution < -0.4 is 10.6 Å². The lowest BCUT2D eigenvalue weighted by Crippen LogP contribution is -2.24. The maximum absolute atomic E-state index is 12.0. The van der Waals surface area contributed by atoms with Gasteiger partial charge in [0.2, 0.25) is 6.39 Å². The molecule has 0 fully saturated rings. The maximum Gasteiger partial charge on any atom is 0.253 e. The Morgan fingerprint density at radius 1 is 1.44 bits per heavy atom. The fraction of sp³-hybridized carbons (Fsp3) is 0.250. The second-order valence-corrected chi connectivity index (χ2v) is 3.83. The van der Waals surface area contributed by atoms with Gasteiger partial charge in [-0.3, -0.25) is 4.79 Å². The van der Waals surface area contributed by atoms with E-state index in [1.54, 1.807) is 7.05 Å². The fourth-order valence-corrected chi connectivity index (χ4v) is 1.59. The molecule has 1 aromatic heterocycles. The lowest BCUT2D eigenvalue weighted by Gasteiger charge is -2.09. The van der Waals surface area contributed by atoms with E-state index in [1.165, 1.54) is 6.39 Å². The summed E-state index contributed by atoms with van der Waals surface area (Å²) in [5, 5.41) is 9.35. The normalized spacial score (nSPS) is 10.1. The summed E-state index contributed by atoms with van der Waals surface area (Å²) >= 11 is 0. The minimum Gasteiger partial charge on any atom is -0.387 e. The number of rotatable bonds is 4. The standard InChI is InChI=1S/C12H14N4O2/c1-8-3-4-10(13-2)9(5-8)12(17)14-6-11-15-7-18-16-11/h3-5,7,13H,6H2,1-2H3,(H,14,17). The van der Waals surface area contributed by atoms with Crippen LogP contribution in [0.25, 0.3) is 0 Å². The van der Waals surface area contributed by atoms with E-state index in [4.69, 9.17) is 0 Å². The molecule has 6 nitrogen and oxygen atoms in total. The molecule has 1 heterocycles. The van der Waals surface area contributed by atoms with Crippen LogP contribution in [0, 0.1) is 6.92 Å². The molecule has 0 atom stereocenters. The summed E-state index contributed by atoms with van der Waals surface area (Å²) in [7, 11) is 1.78. The minimum absolute atomic E-state index is 0.173. The quantitative estimate of drug-likeness (QED) is 0.851. The molecule has 6 heteroatoms. The predicted octanol–water partition coefficient (Wildman–Crippen LogP) is 1.35. The summed E-state index contributed by atoms with van der Waals surface area (Å²) in [6, 6.07) is 5.65. The van der Waals surface area contributed by atoms with Crippen LogP contribution in [0.2, 0.25) is 0 Å². The van der Waals surface area contributed by atoms with Crippen LogP contribution in [0.4, 0.5) is 5.69 Å². The number of hydrogen-bond acceptors (Lipinski definition) is 5. The van der Waals surface area contributed by atoms with E-state index >= 15 is 0 Å². The zero-order valence-corrected chi connectivity index (χ0v) is 10.2. The van der Waals surface area contributed by atoms with Gasteiger partial charge in [0, 0.05) is 12.7 Å². The van der Waals surface area contributed by atoms with Gasteiger partial charge in [-0.2, -0.15) is 4.98 Å². The highest BCUT2D eigenvalue weighted by molar-refractivity contribution is 5.99. The van der Waals surface area contributed by atoms with Crippen molar-refractivity contribution in [3.05, 3.63) is 41.5 Å². The highest BCUT2D eigenvalue weighted by Gasteiger charge is 2.11. The molecular weight excluding hydrogens is 232 g/mol. The Morgan fingerprint density at radius 3 is 2.94 bits per heavy atom. The van der Waals surface area contributed by atoms with Crippen LogP contribution >= 0.6 is 0 Å². The van der Waals surface area contributed by atoms with E-state index in [9.17, 15) is 4.79 Å². The number of carbonyl (C=O) groups is 1. The Balaban J connectivity index is 2.10. The molecule has 0 saturated carbocycles. The molecule has 0 radical (unpaired) electrons. The molecule has 0 spiro atoms. The second kappa shape index (κ2) is 5.31. The van der Waals surface area contributed by atoms with Crippen molar-refractivity contribution in [1.29, 1.82) is 0 Å². The zero-order valence-electron chi connectivity index (χ0n) is 10.2. The molecule has 1 amide bonds. The third-order valence-corrected chi connectivity index (χ3v) is 2.50. The summed E-state index contributed by atoms with van der Waals surface area (Å²) in [4.78, 5) is 15.9. The average molecular weight is 246 g/mol. The molecule has 2 aromatic rings. The molecule has 2 N–H and O–H groups in total. The number of nitrogens with zero attached hydrogens (tertiary/aromatic N) is 2. The van der Waals surface area contributed by atoms with Gasteiger partial charge in [-0.15, -0.1) is 0 Å². The van der Waals surface area contributed by atoms with Gasteiger partial charge < -0.3 is 15.2 Å². The summed E-state index contributed by atoms with van der Waals surface area (Å²) in [6.45, 7) is 2.18. The highest BCUT2D eigenvalue weighted by Crippen LogP contribution is 2.16. The smallest absolute Gasteiger partial charge is 0.253 e. The topological polar surface area (TPSA) is 80.0 Å². The summed E-state index contributed by atoms with van der Waals surface area (Å²) in [6.07, 6.45) is 1.23. The minimum atomic E-state index is -0.173. The van der Waals surface area contributed by atoms with Gasteiger partial charge in [-0.1, -0.05) is 16.8 Å². The first-order valence-electron chi connectivity index (χ1n) is 5.52. The highest BCUT2D eigenvalue weighted by atomic mass is 16.5. The molecule has 0 aliphatic rings. The van der Waals surface area contributed by atoms with Crippen LogP contribution in [0.15, 0.2) is 29.1 Å². The van der Waals surface area contributed by atoms with Crippen molar-refractivity contribution in [3.63, 3.8) is 0 Å². The predicted molar refractivity (Wildman–Crippen MR) is 66.2 cm³/mol. The van der Waals surface area contributed by atoms with Crippen LogP contribution in [0.5, 0.6) is 0 Å². The largest absolute Gasteiger partial charge is 0.387 e. The fourth-order valence-electron chi connectivity index (χ4n) is 1.59. The van der Waals surface area contributed by atoms with Crippen molar-refractivity contribution < 1.29 is 9.32 Å². The Bertz CT molecular complexity index is 537. The van der Waals surface area contributed by atoms with Crippen molar-refractivity contribution in [2.45, 2.75) is 13.5 Å². The lowest BCUT2D eigenvalue weighted by atomic mass is 10.1. The average Bonchev–Trinajstić information content (AvgIpc) is 2.89. The molecule has 0 aliphatic carbocycles. The summed E-state index contributed by atoms with van der Waals surface area (Å²) in [5.74, 6) is 0.273. The third kappa shape index (κ3) is 2.65. The Morgan fingerprint density at radius 2 is 2.28 bits per heavy atom. The number of benzene rings is 1. The molecular formula is C12H14N4O2. The van der Waals surface area contributed by atoms with E-state index < -0.39 is 0 Å². The first-order valence-corrected chi connectivity index (χ1v) is 5.52. The van der Waals surface area contributed by atoms with E-state index in [0.717, 1.165) is 11.3 Å². The van der Waals surface area contributed by atoms with E-state index in [0.29, 0.717) is 11.4 Å². The molecule has 0 bridgehead atoms. The molecule has 2 rings (SSSR count). The second-order valence-electron chi connectivity index (χ2n) is 3.83. The number of aromatic nitrogens is 2. The third-order valence-electron chi connectivity index (χ3n) is 2.50. The van der Waals surface area contributed by atoms with Crippen LogP contribution in [-0.2, 0) is 6.54 Å². The van der Waals surface area contributed by atoms with E-state index in [1.807, 2.05) is 25.1 Å². The van der Waals surface area contributed by atoms with Gasteiger partial charge in [0.25, 0.3) is 5.91 Å². The zero-order chi connectivity index (χ0) is 13.0. The van der Waals surface area contributed by atoms with E-state index in [-0.39, 0.29) is 12.5 Å². The SMILES string of the molecule is CNc1ccc(C)cc1C(=O)NCc1ncon1. The van der Waals surface area contributed by atoms with Gasteiger partial charge in [0.1, 0.15) is 0 Å². The van der Waals surface area contributed by atoms with Gasteiger partial charge in [-0.05, 0) is 19.1 Å². The number of nitrogens with one attached hydrogen (secondary N) is 2. The molecule has 1 aromatic carbocycles. The maximum atomic E-state index is 12.0. The number of amides is 1. The Labute approximate surface area is 104 Å². The number of carbonyl (C=O) groups excluding carboxylic acids is 1. The number of anilines is 1. The van der Waals surface area contributed by atoms with Crippen LogP contribution in [0.1, 0.15) is 21.7 Å². The molecule has 18 heavy (non-hydrogen) atoms.